The topological polar surface area (TPSA) is 72.5 Å². The van der Waals surface area contributed by atoms with Crippen LogP contribution in [-0.4, -0.2) is 30.8 Å². The van der Waals surface area contributed by atoms with Gasteiger partial charge in [0.05, 0.1) is 12.0 Å². The summed E-state index contributed by atoms with van der Waals surface area (Å²) in [4.78, 5) is 11.5. The number of rotatable bonds is 6. The van der Waals surface area contributed by atoms with Gasteiger partial charge in [0.2, 0.25) is 0 Å². The summed E-state index contributed by atoms with van der Waals surface area (Å²) in [6.45, 7) is 4.17. The molecule has 13 heavy (non-hydrogen) atoms. The zero-order chi connectivity index (χ0) is 10.3. The van der Waals surface area contributed by atoms with Crippen molar-refractivity contribution in [1.29, 1.82) is 0 Å². The maximum Gasteiger partial charge on any atom is 0.313 e. The molecule has 0 aromatic heterocycles. The van der Waals surface area contributed by atoms with Crippen LogP contribution in [0.1, 0.15) is 26.7 Å². The van der Waals surface area contributed by atoms with Crippen LogP contribution in [0.4, 0.5) is 0 Å². The maximum absolute atomic E-state index is 11.5. The van der Waals surface area contributed by atoms with E-state index in [1.165, 1.54) is 0 Å². The highest BCUT2D eigenvalue weighted by Crippen LogP contribution is 2.26. The summed E-state index contributed by atoms with van der Waals surface area (Å²) >= 11 is 0. The van der Waals surface area contributed by atoms with Gasteiger partial charge in [-0.1, -0.05) is 6.92 Å². The van der Waals surface area contributed by atoms with Crippen LogP contribution in [0.5, 0.6) is 0 Å². The Morgan fingerprint density at radius 3 is 2.46 bits per heavy atom. The van der Waals surface area contributed by atoms with E-state index < -0.39 is 5.41 Å². The van der Waals surface area contributed by atoms with Crippen LogP contribution in [0.3, 0.4) is 0 Å². The van der Waals surface area contributed by atoms with Crippen molar-refractivity contribution in [3.63, 3.8) is 0 Å². The van der Waals surface area contributed by atoms with Gasteiger partial charge in [-0.15, -0.1) is 0 Å². The monoisotopic (exact) mass is 189 g/mol. The van der Waals surface area contributed by atoms with E-state index in [9.17, 15) is 4.79 Å². The number of esters is 1. The third-order valence-electron chi connectivity index (χ3n) is 2.37. The van der Waals surface area contributed by atoms with Crippen molar-refractivity contribution < 1.29 is 14.6 Å². The third kappa shape index (κ3) is 2.97. The predicted molar refractivity (Wildman–Crippen MR) is 50.1 cm³/mol. The fourth-order valence-corrected chi connectivity index (χ4v) is 1.25. The van der Waals surface area contributed by atoms with Crippen molar-refractivity contribution in [2.75, 3.05) is 19.8 Å². The van der Waals surface area contributed by atoms with Gasteiger partial charge in [-0.25, -0.2) is 0 Å². The molecule has 0 heterocycles. The van der Waals surface area contributed by atoms with Gasteiger partial charge in [0, 0.05) is 13.2 Å². The van der Waals surface area contributed by atoms with Gasteiger partial charge in [0.15, 0.2) is 0 Å². The van der Waals surface area contributed by atoms with E-state index in [1.54, 1.807) is 6.92 Å². The van der Waals surface area contributed by atoms with Crippen molar-refractivity contribution >= 4 is 5.97 Å². The normalized spacial score (nSPS) is 15.1. The van der Waals surface area contributed by atoms with Gasteiger partial charge in [0.1, 0.15) is 0 Å². The summed E-state index contributed by atoms with van der Waals surface area (Å²) < 4.78 is 4.91. The van der Waals surface area contributed by atoms with Gasteiger partial charge >= 0.3 is 5.97 Å². The Labute approximate surface area is 79.1 Å². The lowest BCUT2D eigenvalue weighted by molar-refractivity contribution is -0.156. The lowest BCUT2D eigenvalue weighted by Gasteiger charge is -2.27. The molecule has 4 heteroatoms. The molecule has 0 spiro atoms. The molecule has 0 fully saturated rings. The zero-order valence-corrected chi connectivity index (χ0v) is 8.38. The molecule has 0 aliphatic rings. The summed E-state index contributed by atoms with van der Waals surface area (Å²) in [5.74, 6) is -0.297. The first kappa shape index (κ1) is 12.4. The second-order valence-electron chi connectivity index (χ2n) is 3.03. The summed E-state index contributed by atoms with van der Waals surface area (Å²) in [5.41, 5.74) is 4.83. The Hall–Kier alpha value is -0.610. The van der Waals surface area contributed by atoms with Crippen molar-refractivity contribution in [3.8, 4) is 0 Å². The lowest BCUT2D eigenvalue weighted by atomic mass is 9.82. The van der Waals surface area contributed by atoms with Crippen LogP contribution in [-0.2, 0) is 9.53 Å². The third-order valence-corrected chi connectivity index (χ3v) is 2.37. The Kier molecular flexibility index (Phi) is 5.66. The fourth-order valence-electron chi connectivity index (χ4n) is 1.25. The highest BCUT2D eigenvalue weighted by atomic mass is 16.5. The molecule has 78 valence electrons. The van der Waals surface area contributed by atoms with Crippen molar-refractivity contribution in [1.82, 2.24) is 0 Å². The molecule has 4 nitrogen and oxygen atoms in total. The molecule has 1 unspecified atom stereocenters. The molecular formula is C9H19NO3. The quantitative estimate of drug-likeness (QED) is 0.589. The second kappa shape index (κ2) is 5.94. The zero-order valence-electron chi connectivity index (χ0n) is 8.38. The van der Waals surface area contributed by atoms with E-state index in [-0.39, 0.29) is 19.1 Å². The van der Waals surface area contributed by atoms with Crippen molar-refractivity contribution in [3.05, 3.63) is 0 Å². The molecule has 0 amide bonds. The molecule has 0 aliphatic carbocycles. The number of carbonyl (C=O) groups is 1. The number of nitrogens with two attached hydrogens (primary N) is 1. The van der Waals surface area contributed by atoms with E-state index in [0.717, 1.165) is 0 Å². The van der Waals surface area contributed by atoms with Gasteiger partial charge in [-0.3, -0.25) is 4.79 Å². The molecular weight excluding hydrogens is 170 g/mol. The second-order valence-corrected chi connectivity index (χ2v) is 3.03. The van der Waals surface area contributed by atoms with Crippen LogP contribution >= 0.6 is 0 Å². The van der Waals surface area contributed by atoms with Gasteiger partial charge in [-0.05, 0) is 19.8 Å². The molecule has 0 aromatic rings. The SMILES string of the molecule is CCOC(=O)C(CC)(CN)CCO. The fraction of sp³-hybridized carbons (Fsp3) is 0.889. The minimum atomic E-state index is -0.690. The molecule has 0 radical (unpaired) electrons. The Morgan fingerprint density at radius 1 is 1.54 bits per heavy atom. The van der Waals surface area contributed by atoms with Gasteiger partial charge in [0.25, 0.3) is 0 Å². The minimum Gasteiger partial charge on any atom is -0.466 e. The van der Waals surface area contributed by atoms with E-state index in [4.69, 9.17) is 15.6 Å². The molecule has 0 bridgehead atoms. The number of carbonyl (C=O) groups excluding carboxylic acids is 1. The largest absolute Gasteiger partial charge is 0.466 e. The van der Waals surface area contributed by atoms with Crippen LogP contribution in [0.25, 0.3) is 0 Å². The van der Waals surface area contributed by atoms with Crippen molar-refractivity contribution in [2.24, 2.45) is 11.1 Å². The number of aliphatic hydroxyl groups excluding tert-OH is 1. The number of hydrogen-bond acceptors (Lipinski definition) is 4. The molecule has 1 atom stereocenters. The van der Waals surface area contributed by atoms with Gasteiger partial charge in [-0.2, -0.15) is 0 Å². The molecule has 0 saturated carbocycles. The standard InChI is InChI=1S/C9H19NO3/c1-3-9(7-10,5-6-11)8(12)13-4-2/h11H,3-7,10H2,1-2H3. The van der Waals surface area contributed by atoms with E-state index in [1.807, 2.05) is 6.92 Å². The predicted octanol–water partition coefficient (Wildman–Crippen LogP) is 0.287. The average Bonchev–Trinajstić information content (AvgIpc) is 2.14. The maximum atomic E-state index is 11.5. The number of hydrogen-bond donors (Lipinski definition) is 2. The molecule has 0 aliphatic heterocycles. The average molecular weight is 189 g/mol. The summed E-state index contributed by atoms with van der Waals surface area (Å²) in [5, 5.41) is 8.82. The van der Waals surface area contributed by atoms with Crippen LogP contribution in [0, 0.1) is 5.41 Å². The first-order valence-electron chi connectivity index (χ1n) is 4.65. The van der Waals surface area contributed by atoms with Gasteiger partial charge < -0.3 is 15.6 Å². The van der Waals surface area contributed by atoms with Crippen LogP contribution < -0.4 is 5.73 Å². The highest BCUT2D eigenvalue weighted by Gasteiger charge is 2.36. The summed E-state index contributed by atoms with van der Waals surface area (Å²) in [7, 11) is 0. The minimum absolute atomic E-state index is 0.0378. The Morgan fingerprint density at radius 2 is 2.15 bits per heavy atom. The number of ether oxygens (including phenoxy) is 1. The first-order valence-corrected chi connectivity index (χ1v) is 4.65. The first-order chi connectivity index (χ1) is 6.16. The van der Waals surface area contributed by atoms with E-state index in [2.05, 4.69) is 0 Å². The summed E-state index contributed by atoms with van der Waals surface area (Å²) in [6, 6.07) is 0. The molecule has 0 saturated heterocycles. The Balaban J connectivity index is 4.43. The van der Waals surface area contributed by atoms with Crippen LogP contribution in [0.15, 0.2) is 0 Å². The Bertz CT molecular complexity index is 155. The molecule has 3 N–H and O–H groups in total. The lowest BCUT2D eigenvalue weighted by Crippen LogP contribution is -2.40. The van der Waals surface area contributed by atoms with Crippen molar-refractivity contribution in [2.45, 2.75) is 26.7 Å². The van der Waals surface area contributed by atoms with E-state index in [0.29, 0.717) is 19.4 Å². The highest BCUT2D eigenvalue weighted by molar-refractivity contribution is 5.77. The molecule has 0 aromatic carbocycles. The van der Waals surface area contributed by atoms with E-state index >= 15 is 0 Å². The number of aliphatic hydroxyl groups is 1. The smallest absolute Gasteiger partial charge is 0.313 e. The molecule has 0 rings (SSSR count). The van der Waals surface area contributed by atoms with Crippen LogP contribution in [0.2, 0.25) is 0 Å². The summed E-state index contributed by atoms with van der Waals surface area (Å²) in [6.07, 6.45) is 0.974.